The third-order valence-electron chi connectivity index (χ3n) is 6.56. The Bertz CT molecular complexity index is 1190. The van der Waals surface area contributed by atoms with Gasteiger partial charge in [-0.15, -0.1) is 0 Å². The van der Waals surface area contributed by atoms with Crippen LogP contribution in [0, 0.1) is 11.8 Å². The molecule has 1 fully saturated rings. The average molecular weight is 440 g/mol. The normalized spacial score (nSPS) is 21.8. The van der Waals surface area contributed by atoms with Crippen molar-refractivity contribution in [2.75, 3.05) is 13.1 Å². The number of allylic oxidation sites excluding steroid dienone is 1. The summed E-state index contributed by atoms with van der Waals surface area (Å²) < 4.78 is 6.07. The molecule has 0 amide bonds. The summed E-state index contributed by atoms with van der Waals surface area (Å²) in [7, 11) is 0. The van der Waals surface area contributed by atoms with E-state index >= 15 is 0 Å². The Hall–Kier alpha value is -3.37. The first kappa shape index (κ1) is 21.5. The van der Waals surface area contributed by atoms with E-state index in [2.05, 4.69) is 30.9 Å². The van der Waals surface area contributed by atoms with E-state index in [-0.39, 0.29) is 11.5 Å². The zero-order chi connectivity index (χ0) is 22.9. The third kappa shape index (κ3) is 4.44. The number of rotatable bonds is 4. The largest absolute Gasteiger partial charge is 0.507 e. The van der Waals surface area contributed by atoms with Crippen molar-refractivity contribution in [3.8, 4) is 22.6 Å². The van der Waals surface area contributed by atoms with Gasteiger partial charge < -0.3 is 9.84 Å². The lowest BCUT2D eigenvalue weighted by molar-refractivity contribution is 0.101. The lowest BCUT2D eigenvalue weighted by Gasteiger charge is -2.35. The number of carbonyl (C=O) groups excluding carboxylic acids is 1. The van der Waals surface area contributed by atoms with E-state index in [4.69, 9.17) is 4.74 Å². The van der Waals surface area contributed by atoms with Crippen LogP contribution in [0.2, 0.25) is 0 Å². The molecule has 0 spiro atoms. The Morgan fingerprint density at radius 3 is 2.30 bits per heavy atom. The molecular formula is C29H29NO3. The lowest BCUT2D eigenvalue weighted by atomic mass is 9.91. The molecule has 2 aliphatic heterocycles. The van der Waals surface area contributed by atoms with Crippen LogP contribution in [-0.2, 0) is 6.54 Å². The van der Waals surface area contributed by atoms with Crippen LogP contribution in [0.5, 0.6) is 11.5 Å². The maximum Gasteiger partial charge on any atom is 0.231 e. The van der Waals surface area contributed by atoms with E-state index in [1.807, 2.05) is 42.5 Å². The van der Waals surface area contributed by atoms with Gasteiger partial charge in [-0.1, -0.05) is 68.4 Å². The molecule has 0 radical (unpaired) electrons. The molecule has 4 nitrogen and oxygen atoms in total. The van der Waals surface area contributed by atoms with Crippen LogP contribution in [0.4, 0.5) is 0 Å². The van der Waals surface area contributed by atoms with Crippen molar-refractivity contribution in [3.63, 3.8) is 0 Å². The molecular weight excluding hydrogens is 410 g/mol. The van der Waals surface area contributed by atoms with E-state index in [0.29, 0.717) is 41.0 Å². The fraction of sp³-hybridized carbons (Fsp3) is 0.276. The van der Waals surface area contributed by atoms with Crippen molar-refractivity contribution in [1.29, 1.82) is 0 Å². The Morgan fingerprint density at radius 2 is 1.61 bits per heavy atom. The second-order valence-corrected chi connectivity index (χ2v) is 9.51. The first-order valence-electron chi connectivity index (χ1n) is 11.6. The molecule has 168 valence electrons. The summed E-state index contributed by atoms with van der Waals surface area (Å²) in [5, 5.41) is 10.6. The third-order valence-corrected chi connectivity index (χ3v) is 6.56. The number of hydrogen-bond acceptors (Lipinski definition) is 4. The minimum atomic E-state index is -0.140. The van der Waals surface area contributed by atoms with Gasteiger partial charge in [-0.25, -0.2) is 0 Å². The van der Waals surface area contributed by atoms with Crippen LogP contribution in [0.15, 0.2) is 72.5 Å². The summed E-state index contributed by atoms with van der Waals surface area (Å²) in [5.41, 5.74) is 4.39. The first-order valence-corrected chi connectivity index (χ1v) is 11.6. The summed E-state index contributed by atoms with van der Waals surface area (Å²) in [6.07, 6.45) is 3.00. The van der Waals surface area contributed by atoms with Gasteiger partial charge in [-0.05, 0) is 53.2 Å². The topological polar surface area (TPSA) is 49.8 Å². The van der Waals surface area contributed by atoms with Crippen LogP contribution in [0.25, 0.3) is 17.2 Å². The summed E-state index contributed by atoms with van der Waals surface area (Å²) in [4.78, 5) is 15.4. The molecule has 0 saturated carbocycles. The number of benzene rings is 3. The highest BCUT2D eigenvalue weighted by molar-refractivity contribution is 6.15. The lowest BCUT2D eigenvalue weighted by Crippen LogP contribution is -2.38. The predicted octanol–water partition coefficient (Wildman–Crippen LogP) is 6.15. The molecule has 0 aromatic heterocycles. The number of piperidine rings is 1. The molecule has 2 unspecified atom stereocenters. The summed E-state index contributed by atoms with van der Waals surface area (Å²) in [5.74, 6) is 2.07. The summed E-state index contributed by atoms with van der Waals surface area (Å²) in [6, 6.07) is 21.5. The number of hydrogen-bond donors (Lipinski definition) is 1. The Labute approximate surface area is 195 Å². The van der Waals surface area contributed by atoms with E-state index in [1.165, 1.54) is 6.42 Å². The Balaban J connectivity index is 1.39. The standard InChI is InChI=1S/C29H29NO3/c1-19-14-20(2)17-30(16-19)18-25-26(31)13-12-24-28(32)27(33-29(24)25)15-21-8-10-23(11-9-21)22-6-4-3-5-7-22/h3-13,15,19-20,31H,14,16-18H2,1-2H3/b27-15+. The molecule has 33 heavy (non-hydrogen) atoms. The maximum atomic E-state index is 13.1. The van der Waals surface area contributed by atoms with Crippen LogP contribution in [0.3, 0.4) is 0 Å². The van der Waals surface area contributed by atoms with Gasteiger partial charge in [0.2, 0.25) is 5.78 Å². The molecule has 0 bridgehead atoms. The molecule has 2 heterocycles. The van der Waals surface area contributed by atoms with Gasteiger partial charge in [0.15, 0.2) is 5.76 Å². The number of likely N-dealkylation sites (tertiary alicyclic amines) is 1. The average Bonchev–Trinajstić information content (AvgIpc) is 3.12. The number of phenolic OH excluding ortho intramolecular Hbond substituents is 1. The number of aromatic hydroxyl groups is 1. The van der Waals surface area contributed by atoms with Crippen molar-refractivity contribution in [1.82, 2.24) is 4.90 Å². The fourth-order valence-corrected chi connectivity index (χ4v) is 5.15. The first-order chi connectivity index (χ1) is 16.0. The highest BCUT2D eigenvalue weighted by atomic mass is 16.5. The van der Waals surface area contributed by atoms with Crippen molar-refractivity contribution in [2.45, 2.75) is 26.8 Å². The van der Waals surface area contributed by atoms with Crippen molar-refractivity contribution < 1.29 is 14.6 Å². The number of fused-ring (bicyclic) bond motifs is 1. The molecule has 2 aliphatic rings. The molecule has 0 aliphatic carbocycles. The molecule has 4 heteroatoms. The number of phenols is 1. The second kappa shape index (κ2) is 8.87. The van der Waals surface area contributed by atoms with Gasteiger partial charge in [0.05, 0.1) is 11.1 Å². The monoisotopic (exact) mass is 439 g/mol. The van der Waals surface area contributed by atoms with Gasteiger partial charge in [0.1, 0.15) is 11.5 Å². The van der Waals surface area contributed by atoms with Crippen LogP contribution in [0.1, 0.15) is 41.8 Å². The summed E-state index contributed by atoms with van der Waals surface area (Å²) >= 11 is 0. The predicted molar refractivity (Wildman–Crippen MR) is 131 cm³/mol. The van der Waals surface area contributed by atoms with Crippen LogP contribution < -0.4 is 4.74 Å². The molecule has 5 rings (SSSR count). The Morgan fingerprint density at radius 1 is 0.939 bits per heavy atom. The van der Waals surface area contributed by atoms with Crippen molar-refractivity contribution in [2.24, 2.45) is 11.8 Å². The summed E-state index contributed by atoms with van der Waals surface area (Å²) in [6.45, 7) is 7.08. The Kier molecular flexibility index (Phi) is 5.77. The minimum Gasteiger partial charge on any atom is -0.507 e. The van der Waals surface area contributed by atoms with Gasteiger partial charge >= 0.3 is 0 Å². The SMILES string of the molecule is CC1CC(C)CN(Cc2c(O)ccc3c2O/C(=C/c2ccc(-c4ccccc4)cc2)C3=O)C1. The van der Waals surface area contributed by atoms with E-state index in [0.717, 1.165) is 29.8 Å². The highest BCUT2D eigenvalue weighted by Gasteiger charge is 2.32. The molecule has 1 N–H and O–H groups in total. The molecule has 3 aromatic carbocycles. The maximum absolute atomic E-state index is 13.1. The number of Topliss-reactive ketones (excluding diaryl/α,β-unsaturated/α-hetero) is 1. The number of ether oxygens (including phenoxy) is 1. The zero-order valence-corrected chi connectivity index (χ0v) is 19.1. The van der Waals surface area contributed by atoms with E-state index in [9.17, 15) is 9.90 Å². The van der Waals surface area contributed by atoms with Crippen LogP contribution in [-0.4, -0.2) is 28.9 Å². The zero-order valence-electron chi connectivity index (χ0n) is 19.1. The van der Waals surface area contributed by atoms with Crippen LogP contribution >= 0.6 is 0 Å². The fourth-order valence-electron chi connectivity index (χ4n) is 5.15. The van der Waals surface area contributed by atoms with Gasteiger partial charge in [-0.3, -0.25) is 9.69 Å². The van der Waals surface area contributed by atoms with E-state index < -0.39 is 0 Å². The molecule has 2 atom stereocenters. The molecule has 1 saturated heterocycles. The molecule has 3 aromatic rings. The van der Waals surface area contributed by atoms with Gasteiger partial charge in [-0.2, -0.15) is 0 Å². The number of carbonyl (C=O) groups is 1. The van der Waals surface area contributed by atoms with E-state index in [1.54, 1.807) is 18.2 Å². The smallest absolute Gasteiger partial charge is 0.231 e. The quantitative estimate of drug-likeness (QED) is 0.495. The van der Waals surface area contributed by atoms with Crippen molar-refractivity contribution >= 4 is 11.9 Å². The highest BCUT2D eigenvalue weighted by Crippen LogP contribution is 2.40. The van der Waals surface area contributed by atoms with Gasteiger partial charge in [0, 0.05) is 19.6 Å². The second-order valence-electron chi connectivity index (χ2n) is 9.51. The number of nitrogens with zero attached hydrogens (tertiary/aromatic N) is 1. The minimum absolute atomic E-state index is 0.140. The van der Waals surface area contributed by atoms with Gasteiger partial charge in [0.25, 0.3) is 0 Å². The van der Waals surface area contributed by atoms with Crippen molar-refractivity contribution in [3.05, 3.63) is 89.2 Å². The number of ketones is 1.